The average Bonchev–Trinajstić information content (AvgIpc) is 2.34. The van der Waals surface area contributed by atoms with Gasteiger partial charge >= 0.3 is 0 Å². The monoisotopic (exact) mass is 269 g/mol. The summed E-state index contributed by atoms with van der Waals surface area (Å²) in [7, 11) is 0. The van der Waals surface area contributed by atoms with Crippen LogP contribution < -0.4 is 5.73 Å². The molecule has 7 heteroatoms. The van der Waals surface area contributed by atoms with Crippen molar-refractivity contribution in [3.63, 3.8) is 0 Å². The fourth-order valence-electron chi connectivity index (χ4n) is 1.54. The molecule has 0 fully saturated rings. The number of rotatable bonds is 4. The van der Waals surface area contributed by atoms with Crippen molar-refractivity contribution in [2.75, 3.05) is 6.54 Å². The van der Waals surface area contributed by atoms with Crippen LogP contribution >= 0.6 is 0 Å². The number of benzene rings is 1. The minimum atomic E-state index is -0.637. The largest absolute Gasteiger partial charge is 0.507 e. The van der Waals surface area contributed by atoms with E-state index >= 15 is 0 Å². The molecule has 1 rings (SSSR count). The van der Waals surface area contributed by atoms with Gasteiger partial charge in [0, 0.05) is 12.1 Å². The minimum Gasteiger partial charge on any atom is -0.507 e. The molecular formula is C12H16FN3O3. The summed E-state index contributed by atoms with van der Waals surface area (Å²) in [5.41, 5.74) is 5.33. The first-order valence-corrected chi connectivity index (χ1v) is 5.62. The molecule has 0 aliphatic carbocycles. The van der Waals surface area contributed by atoms with Crippen LogP contribution in [0.4, 0.5) is 4.39 Å². The highest BCUT2D eigenvalue weighted by molar-refractivity contribution is 5.99. The number of amidine groups is 1. The molecule has 0 saturated heterocycles. The Bertz CT molecular complexity index is 503. The number of carbonyl (C=O) groups excluding carboxylic acids is 1. The minimum absolute atomic E-state index is 0.0409. The van der Waals surface area contributed by atoms with Crippen LogP contribution in [0.2, 0.25) is 0 Å². The normalized spacial score (nSPS) is 11.7. The number of amides is 1. The molecule has 6 nitrogen and oxygen atoms in total. The average molecular weight is 269 g/mol. The summed E-state index contributed by atoms with van der Waals surface area (Å²) in [6.45, 7) is 3.38. The Hall–Kier alpha value is -2.31. The molecule has 0 aliphatic rings. The van der Waals surface area contributed by atoms with Gasteiger partial charge in [0.2, 0.25) is 0 Å². The van der Waals surface area contributed by atoms with Crippen molar-refractivity contribution in [1.82, 2.24) is 4.90 Å². The Morgan fingerprint density at radius 1 is 1.53 bits per heavy atom. The molecule has 19 heavy (non-hydrogen) atoms. The van der Waals surface area contributed by atoms with Crippen molar-refractivity contribution in [3.8, 4) is 5.75 Å². The number of hydrogen-bond donors (Lipinski definition) is 3. The Labute approximate surface area is 109 Å². The number of phenols is 1. The lowest BCUT2D eigenvalue weighted by molar-refractivity contribution is 0.0731. The maximum atomic E-state index is 12.9. The molecule has 0 heterocycles. The van der Waals surface area contributed by atoms with E-state index in [1.54, 1.807) is 13.8 Å². The number of oxime groups is 1. The highest BCUT2D eigenvalue weighted by atomic mass is 19.1. The van der Waals surface area contributed by atoms with E-state index in [-0.39, 0.29) is 24.0 Å². The van der Waals surface area contributed by atoms with Crippen LogP contribution in [0.15, 0.2) is 23.4 Å². The van der Waals surface area contributed by atoms with Crippen LogP contribution in [-0.2, 0) is 0 Å². The molecule has 0 spiro atoms. The first-order chi connectivity index (χ1) is 8.86. The number of nitrogens with zero attached hydrogens (tertiary/aromatic N) is 2. The number of carbonyl (C=O) groups is 1. The van der Waals surface area contributed by atoms with Crippen molar-refractivity contribution in [1.29, 1.82) is 0 Å². The molecule has 1 aromatic rings. The Morgan fingerprint density at radius 3 is 2.63 bits per heavy atom. The lowest BCUT2D eigenvalue weighted by Gasteiger charge is -2.26. The smallest absolute Gasteiger partial charge is 0.258 e. The Morgan fingerprint density at radius 2 is 2.16 bits per heavy atom. The molecule has 0 unspecified atom stereocenters. The summed E-state index contributed by atoms with van der Waals surface area (Å²) in [6.07, 6.45) is 0. The van der Waals surface area contributed by atoms with E-state index in [1.807, 2.05) is 0 Å². The standard InChI is InChI=1S/C12H16FN3O3/c1-7(2)16(6-11(14)15-19)12(18)9-4-3-8(13)5-10(9)17/h3-5,7,17,19H,6H2,1-2H3,(H2,14,15). The number of halogens is 1. The number of phenolic OH excluding ortho intramolecular Hbond substituents is 1. The van der Waals surface area contributed by atoms with Gasteiger partial charge in [-0.1, -0.05) is 5.16 Å². The first-order valence-electron chi connectivity index (χ1n) is 5.62. The van der Waals surface area contributed by atoms with E-state index in [1.165, 1.54) is 11.0 Å². The van der Waals surface area contributed by atoms with Crippen LogP contribution in [0.1, 0.15) is 24.2 Å². The molecule has 0 saturated carbocycles. The highest BCUT2D eigenvalue weighted by Gasteiger charge is 2.22. The summed E-state index contributed by atoms with van der Waals surface area (Å²) in [4.78, 5) is 13.5. The number of hydrogen-bond acceptors (Lipinski definition) is 4. The van der Waals surface area contributed by atoms with Crippen LogP contribution in [0.3, 0.4) is 0 Å². The van der Waals surface area contributed by atoms with Gasteiger partial charge in [0.1, 0.15) is 11.6 Å². The van der Waals surface area contributed by atoms with Crippen LogP contribution in [0.25, 0.3) is 0 Å². The Balaban J connectivity index is 3.06. The first kappa shape index (κ1) is 14.7. The van der Waals surface area contributed by atoms with E-state index in [4.69, 9.17) is 10.9 Å². The molecule has 0 atom stereocenters. The van der Waals surface area contributed by atoms with Gasteiger partial charge in [-0.2, -0.15) is 0 Å². The zero-order valence-corrected chi connectivity index (χ0v) is 10.7. The number of nitrogens with two attached hydrogens (primary N) is 1. The lowest BCUT2D eigenvalue weighted by Crippen LogP contribution is -2.42. The Kier molecular flexibility index (Phi) is 4.68. The van der Waals surface area contributed by atoms with Crippen LogP contribution in [0, 0.1) is 5.82 Å². The van der Waals surface area contributed by atoms with Gasteiger partial charge in [-0.25, -0.2) is 4.39 Å². The van der Waals surface area contributed by atoms with Gasteiger partial charge in [-0.15, -0.1) is 0 Å². The maximum absolute atomic E-state index is 12.9. The predicted molar refractivity (Wildman–Crippen MR) is 67.6 cm³/mol. The van der Waals surface area contributed by atoms with Crippen LogP contribution in [0.5, 0.6) is 5.75 Å². The summed E-state index contributed by atoms with van der Waals surface area (Å²) < 4.78 is 12.9. The SMILES string of the molecule is CC(C)N(C/C(N)=N/O)C(=O)c1ccc(F)cc1O. The van der Waals surface area contributed by atoms with Gasteiger partial charge < -0.3 is 20.9 Å². The highest BCUT2D eigenvalue weighted by Crippen LogP contribution is 2.20. The fraction of sp³-hybridized carbons (Fsp3) is 0.333. The molecular weight excluding hydrogens is 253 g/mol. The van der Waals surface area contributed by atoms with Gasteiger partial charge in [0.05, 0.1) is 12.1 Å². The zero-order valence-electron chi connectivity index (χ0n) is 10.7. The number of aromatic hydroxyl groups is 1. The predicted octanol–water partition coefficient (Wildman–Crippen LogP) is 1.13. The second-order valence-corrected chi connectivity index (χ2v) is 4.28. The van der Waals surface area contributed by atoms with Crippen molar-refractivity contribution in [2.24, 2.45) is 10.9 Å². The molecule has 0 radical (unpaired) electrons. The third-order valence-electron chi connectivity index (χ3n) is 2.54. The van der Waals surface area contributed by atoms with E-state index < -0.39 is 17.5 Å². The molecule has 0 aliphatic heterocycles. The second-order valence-electron chi connectivity index (χ2n) is 4.28. The molecule has 0 bridgehead atoms. The van der Waals surface area contributed by atoms with Gasteiger partial charge in [-0.3, -0.25) is 4.79 Å². The molecule has 1 amide bonds. The quantitative estimate of drug-likeness (QED) is 0.330. The van der Waals surface area contributed by atoms with Crippen molar-refractivity contribution >= 4 is 11.7 Å². The van der Waals surface area contributed by atoms with E-state index in [9.17, 15) is 14.3 Å². The summed E-state index contributed by atoms with van der Waals surface area (Å²) >= 11 is 0. The fourth-order valence-corrected chi connectivity index (χ4v) is 1.54. The lowest BCUT2D eigenvalue weighted by atomic mass is 10.1. The molecule has 0 aromatic heterocycles. The van der Waals surface area contributed by atoms with Gasteiger partial charge in [0.15, 0.2) is 5.84 Å². The summed E-state index contributed by atoms with van der Waals surface area (Å²) in [5, 5.41) is 20.9. The van der Waals surface area contributed by atoms with Crippen molar-refractivity contribution in [3.05, 3.63) is 29.6 Å². The third kappa shape index (κ3) is 3.57. The molecule has 1 aromatic carbocycles. The van der Waals surface area contributed by atoms with Crippen molar-refractivity contribution in [2.45, 2.75) is 19.9 Å². The maximum Gasteiger partial charge on any atom is 0.258 e. The van der Waals surface area contributed by atoms with E-state index in [0.717, 1.165) is 12.1 Å². The summed E-state index contributed by atoms with van der Waals surface area (Å²) in [5.74, 6) is -1.75. The van der Waals surface area contributed by atoms with E-state index in [2.05, 4.69) is 5.16 Å². The topological polar surface area (TPSA) is 99.1 Å². The molecule has 104 valence electrons. The van der Waals surface area contributed by atoms with Crippen molar-refractivity contribution < 1.29 is 19.5 Å². The van der Waals surface area contributed by atoms with Crippen LogP contribution in [-0.4, -0.2) is 39.5 Å². The van der Waals surface area contributed by atoms with Gasteiger partial charge in [0.25, 0.3) is 5.91 Å². The summed E-state index contributed by atoms with van der Waals surface area (Å²) in [6, 6.07) is 2.89. The zero-order chi connectivity index (χ0) is 14.6. The van der Waals surface area contributed by atoms with E-state index in [0.29, 0.717) is 0 Å². The van der Waals surface area contributed by atoms with Gasteiger partial charge in [-0.05, 0) is 26.0 Å². The molecule has 4 N–H and O–H groups in total. The third-order valence-corrected chi connectivity index (χ3v) is 2.54. The second kappa shape index (κ2) is 6.03.